The molecule has 4 nitrogen and oxygen atoms in total. The monoisotopic (exact) mass is 266 g/mol. The summed E-state index contributed by atoms with van der Waals surface area (Å²) in [6.45, 7) is 4.84. The highest BCUT2D eigenvalue weighted by Crippen LogP contribution is 2.26. The molecular weight excluding hydrogens is 251 g/mol. The number of aryl methyl sites for hydroxylation is 1. The summed E-state index contributed by atoms with van der Waals surface area (Å²) >= 11 is 1.33. The molecule has 96 valence electrons. The van der Waals surface area contributed by atoms with Gasteiger partial charge in [0.25, 0.3) is 0 Å². The zero-order valence-corrected chi connectivity index (χ0v) is 11.2. The van der Waals surface area contributed by atoms with Crippen LogP contribution in [0, 0.1) is 12.7 Å². The van der Waals surface area contributed by atoms with Gasteiger partial charge < -0.3 is 5.32 Å². The second-order valence-electron chi connectivity index (χ2n) is 4.05. The second kappa shape index (κ2) is 5.97. The molecule has 2 aromatic rings. The Morgan fingerprint density at radius 2 is 2.28 bits per heavy atom. The number of hydrogen-bond donors (Lipinski definition) is 1. The smallest absolute Gasteiger partial charge is 0.141 e. The maximum atomic E-state index is 13.3. The Bertz CT molecular complexity index is 514. The van der Waals surface area contributed by atoms with Crippen molar-refractivity contribution in [1.29, 1.82) is 0 Å². The predicted molar refractivity (Wildman–Crippen MR) is 69.0 cm³/mol. The molecule has 0 fully saturated rings. The molecule has 1 atom stereocenters. The second-order valence-corrected chi connectivity index (χ2v) is 4.83. The van der Waals surface area contributed by atoms with Gasteiger partial charge in [0.1, 0.15) is 5.82 Å². The maximum absolute atomic E-state index is 13.3. The van der Waals surface area contributed by atoms with Crippen LogP contribution < -0.4 is 5.32 Å². The average molecular weight is 266 g/mol. The maximum Gasteiger partial charge on any atom is 0.141 e. The van der Waals surface area contributed by atoms with Gasteiger partial charge >= 0.3 is 0 Å². The van der Waals surface area contributed by atoms with Gasteiger partial charge in [0, 0.05) is 6.20 Å². The summed E-state index contributed by atoms with van der Waals surface area (Å²) in [7, 11) is 0. The number of aromatic nitrogens is 3. The molecule has 6 heteroatoms. The third-order valence-electron chi connectivity index (χ3n) is 2.61. The lowest BCUT2D eigenvalue weighted by atomic mass is 10.1. The first-order valence-electron chi connectivity index (χ1n) is 5.85. The molecule has 0 aliphatic carbocycles. The number of pyridine rings is 1. The lowest BCUT2D eigenvalue weighted by Gasteiger charge is -2.17. The van der Waals surface area contributed by atoms with Crippen molar-refractivity contribution >= 4 is 11.5 Å². The molecule has 0 aliphatic heterocycles. The normalized spacial score (nSPS) is 12.6. The summed E-state index contributed by atoms with van der Waals surface area (Å²) in [6, 6.07) is 1.41. The van der Waals surface area contributed by atoms with Crippen LogP contribution in [0.15, 0.2) is 18.5 Å². The standard InChI is InChI=1S/C12H15FN4S/c1-3-4-15-11(12-8(2)16-17-18-12)9-5-10(13)7-14-6-9/h5-7,11,15H,3-4H2,1-2H3. The van der Waals surface area contributed by atoms with Crippen molar-refractivity contribution < 1.29 is 4.39 Å². The van der Waals surface area contributed by atoms with E-state index in [-0.39, 0.29) is 11.9 Å². The van der Waals surface area contributed by atoms with Gasteiger partial charge in [-0.25, -0.2) is 4.39 Å². The summed E-state index contributed by atoms with van der Waals surface area (Å²) in [5.41, 5.74) is 1.68. The Labute approximate surface area is 109 Å². The molecule has 2 heterocycles. The van der Waals surface area contributed by atoms with Crippen LogP contribution in [0.3, 0.4) is 0 Å². The van der Waals surface area contributed by atoms with Crippen LogP contribution in [0.5, 0.6) is 0 Å². The fourth-order valence-corrected chi connectivity index (χ4v) is 2.49. The van der Waals surface area contributed by atoms with E-state index in [0.717, 1.165) is 29.1 Å². The zero-order chi connectivity index (χ0) is 13.0. The van der Waals surface area contributed by atoms with Crippen molar-refractivity contribution in [3.05, 3.63) is 40.4 Å². The Hall–Kier alpha value is -1.40. The van der Waals surface area contributed by atoms with E-state index < -0.39 is 0 Å². The number of halogens is 1. The van der Waals surface area contributed by atoms with Gasteiger partial charge in [0.2, 0.25) is 0 Å². The first-order valence-corrected chi connectivity index (χ1v) is 6.62. The number of hydrogen-bond acceptors (Lipinski definition) is 5. The van der Waals surface area contributed by atoms with E-state index in [1.165, 1.54) is 23.8 Å². The summed E-state index contributed by atoms with van der Waals surface area (Å²) in [4.78, 5) is 4.91. The van der Waals surface area contributed by atoms with E-state index in [2.05, 4.69) is 26.8 Å². The summed E-state index contributed by atoms with van der Waals surface area (Å²) in [5.74, 6) is -0.328. The summed E-state index contributed by atoms with van der Waals surface area (Å²) in [5, 5.41) is 7.39. The van der Waals surface area contributed by atoms with E-state index in [0.29, 0.717) is 0 Å². The molecule has 0 spiro atoms. The zero-order valence-electron chi connectivity index (χ0n) is 10.4. The quantitative estimate of drug-likeness (QED) is 0.903. The number of nitrogens with zero attached hydrogens (tertiary/aromatic N) is 3. The van der Waals surface area contributed by atoms with Crippen molar-refractivity contribution in [1.82, 2.24) is 19.9 Å². The first-order chi connectivity index (χ1) is 8.72. The Morgan fingerprint density at radius 3 is 2.89 bits per heavy atom. The van der Waals surface area contributed by atoms with Gasteiger partial charge in [-0.2, -0.15) is 0 Å². The molecule has 2 aromatic heterocycles. The molecule has 0 aromatic carbocycles. The van der Waals surface area contributed by atoms with E-state index in [1.54, 1.807) is 6.20 Å². The highest BCUT2D eigenvalue weighted by molar-refractivity contribution is 7.05. The third kappa shape index (κ3) is 2.88. The van der Waals surface area contributed by atoms with E-state index in [1.807, 2.05) is 6.92 Å². The Kier molecular flexibility index (Phi) is 4.33. The number of rotatable bonds is 5. The topological polar surface area (TPSA) is 50.7 Å². The molecule has 0 bridgehead atoms. The van der Waals surface area contributed by atoms with Crippen LogP contribution in [-0.4, -0.2) is 21.1 Å². The van der Waals surface area contributed by atoms with Crippen LogP contribution in [0.1, 0.15) is 35.5 Å². The first kappa shape index (κ1) is 13.0. The van der Waals surface area contributed by atoms with Gasteiger partial charge in [-0.3, -0.25) is 4.98 Å². The van der Waals surface area contributed by atoms with Crippen LogP contribution in [0.25, 0.3) is 0 Å². The predicted octanol–water partition coefficient (Wildman–Crippen LogP) is 2.47. The van der Waals surface area contributed by atoms with Crippen molar-refractivity contribution in [3.63, 3.8) is 0 Å². The van der Waals surface area contributed by atoms with E-state index >= 15 is 0 Å². The highest BCUT2D eigenvalue weighted by Gasteiger charge is 2.19. The third-order valence-corrected chi connectivity index (χ3v) is 3.50. The van der Waals surface area contributed by atoms with Gasteiger partial charge in [-0.1, -0.05) is 11.4 Å². The molecule has 0 amide bonds. The van der Waals surface area contributed by atoms with Crippen LogP contribution in [-0.2, 0) is 0 Å². The van der Waals surface area contributed by atoms with Crippen LogP contribution in [0.4, 0.5) is 4.39 Å². The van der Waals surface area contributed by atoms with Gasteiger partial charge in [-0.05, 0) is 43.1 Å². The fourth-order valence-electron chi connectivity index (χ4n) is 1.74. The molecule has 1 unspecified atom stereocenters. The molecule has 0 aliphatic rings. The molecule has 0 radical (unpaired) electrons. The SMILES string of the molecule is CCCNC(c1cncc(F)c1)c1snnc1C. The largest absolute Gasteiger partial charge is 0.305 e. The average Bonchev–Trinajstić information content (AvgIpc) is 2.77. The number of nitrogens with one attached hydrogen (secondary N) is 1. The van der Waals surface area contributed by atoms with E-state index in [9.17, 15) is 4.39 Å². The molecule has 1 N–H and O–H groups in total. The molecule has 0 saturated carbocycles. The van der Waals surface area contributed by atoms with Crippen molar-refractivity contribution in [3.8, 4) is 0 Å². The van der Waals surface area contributed by atoms with Crippen LogP contribution >= 0.6 is 11.5 Å². The minimum Gasteiger partial charge on any atom is -0.305 e. The fraction of sp³-hybridized carbons (Fsp3) is 0.417. The summed E-state index contributed by atoms with van der Waals surface area (Å²) in [6.07, 6.45) is 3.89. The van der Waals surface area contributed by atoms with Crippen molar-refractivity contribution in [2.75, 3.05) is 6.54 Å². The van der Waals surface area contributed by atoms with Gasteiger partial charge in [-0.15, -0.1) is 5.10 Å². The minimum atomic E-state index is -0.328. The lowest BCUT2D eigenvalue weighted by Crippen LogP contribution is -2.23. The van der Waals surface area contributed by atoms with E-state index in [4.69, 9.17) is 0 Å². The van der Waals surface area contributed by atoms with Gasteiger partial charge in [0.15, 0.2) is 0 Å². The Balaban J connectivity index is 2.33. The minimum absolute atomic E-state index is 0.0897. The molecule has 2 rings (SSSR count). The highest BCUT2D eigenvalue weighted by atomic mass is 32.1. The van der Waals surface area contributed by atoms with Gasteiger partial charge in [0.05, 0.1) is 22.8 Å². The van der Waals surface area contributed by atoms with Crippen molar-refractivity contribution in [2.45, 2.75) is 26.3 Å². The molecule has 0 saturated heterocycles. The van der Waals surface area contributed by atoms with Crippen molar-refractivity contribution in [2.24, 2.45) is 0 Å². The lowest BCUT2D eigenvalue weighted by molar-refractivity contribution is 0.583. The summed E-state index contributed by atoms with van der Waals surface area (Å²) < 4.78 is 17.2. The van der Waals surface area contributed by atoms with Crippen LogP contribution in [0.2, 0.25) is 0 Å². The molecule has 18 heavy (non-hydrogen) atoms. The molecular formula is C12H15FN4S. The Morgan fingerprint density at radius 1 is 1.44 bits per heavy atom.